The molecule has 102 valence electrons. The van der Waals surface area contributed by atoms with Crippen molar-refractivity contribution in [2.45, 2.75) is 58.8 Å². The summed E-state index contributed by atoms with van der Waals surface area (Å²) in [7, 11) is 3.22. The average Bonchev–Trinajstić information content (AvgIpc) is 2.36. The largest absolute Gasteiger partial charge is 0.453 e. The zero-order valence-corrected chi connectivity index (χ0v) is 12.0. The summed E-state index contributed by atoms with van der Waals surface area (Å²) in [6.45, 7) is 5.33. The van der Waals surface area contributed by atoms with Crippen LogP contribution in [0.2, 0.25) is 0 Å². The van der Waals surface area contributed by atoms with Crippen LogP contribution < -0.4 is 0 Å². The molecule has 0 saturated heterocycles. The Balaban J connectivity index is 3.57. The smallest absolute Gasteiger partial charge is 0.409 e. The molecule has 0 aliphatic heterocycles. The van der Waals surface area contributed by atoms with Crippen molar-refractivity contribution in [2.24, 2.45) is 5.92 Å². The maximum Gasteiger partial charge on any atom is 0.409 e. The van der Waals surface area contributed by atoms with Crippen LogP contribution in [-0.2, 0) is 4.74 Å². The van der Waals surface area contributed by atoms with Crippen molar-refractivity contribution in [3.8, 4) is 0 Å². The predicted octanol–water partition coefficient (Wildman–Crippen LogP) is 4.07. The standard InChI is InChI=1S/C14H29NO2/c1-5-7-10-13(6-2)11-8-9-12-15(3)14(16)17-4/h13H,5-12H2,1-4H3. The van der Waals surface area contributed by atoms with Gasteiger partial charge in [0, 0.05) is 13.6 Å². The molecule has 0 aliphatic carbocycles. The summed E-state index contributed by atoms with van der Waals surface area (Å²) >= 11 is 0. The van der Waals surface area contributed by atoms with Crippen LogP contribution >= 0.6 is 0 Å². The van der Waals surface area contributed by atoms with Gasteiger partial charge in [-0.15, -0.1) is 0 Å². The third-order valence-electron chi connectivity index (χ3n) is 3.39. The monoisotopic (exact) mass is 243 g/mol. The van der Waals surface area contributed by atoms with Gasteiger partial charge in [0.2, 0.25) is 0 Å². The van der Waals surface area contributed by atoms with Gasteiger partial charge in [-0.1, -0.05) is 52.4 Å². The number of unbranched alkanes of at least 4 members (excludes halogenated alkanes) is 2. The summed E-state index contributed by atoms with van der Waals surface area (Å²) in [6.07, 6.45) is 8.64. The third-order valence-corrected chi connectivity index (χ3v) is 3.39. The van der Waals surface area contributed by atoms with Crippen molar-refractivity contribution in [2.75, 3.05) is 20.7 Å². The van der Waals surface area contributed by atoms with E-state index in [0.29, 0.717) is 0 Å². The quantitative estimate of drug-likeness (QED) is 0.571. The van der Waals surface area contributed by atoms with Gasteiger partial charge in [-0.2, -0.15) is 0 Å². The Morgan fingerprint density at radius 3 is 2.35 bits per heavy atom. The number of nitrogens with zero attached hydrogens (tertiary/aromatic N) is 1. The Morgan fingerprint density at radius 2 is 1.82 bits per heavy atom. The zero-order valence-electron chi connectivity index (χ0n) is 12.0. The Hall–Kier alpha value is -0.730. The first-order chi connectivity index (χ1) is 8.15. The minimum Gasteiger partial charge on any atom is -0.453 e. The number of methoxy groups -OCH3 is 1. The summed E-state index contributed by atoms with van der Waals surface area (Å²) in [5.41, 5.74) is 0. The maximum atomic E-state index is 11.1. The second kappa shape index (κ2) is 10.4. The molecule has 0 bridgehead atoms. The molecule has 17 heavy (non-hydrogen) atoms. The SMILES string of the molecule is CCCCC(CC)CCCCN(C)C(=O)OC. The first-order valence-electron chi connectivity index (χ1n) is 6.94. The van der Waals surface area contributed by atoms with Gasteiger partial charge in [0.1, 0.15) is 0 Å². The Labute approximate surface area is 107 Å². The average molecular weight is 243 g/mol. The summed E-state index contributed by atoms with van der Waals surface area (Å²) in [4.78, 5) is 12.8. The number of carbonyl (C=O) groups excluding carboxylic acids is 1. The van der Waals surface area contributed by atoms with E-state index in [1.165, 1.54) is 45.6 Å². The van der Waals surface area contributed by atoms with Gasteiger partial charge in [0.15, 0.2) is 0 Å². The molecule has 0 aliphatic rings. The van der Waals surface area contributed by atoms with E-state index in [0.717, 1.165) is 18.9 Å². The normalized spacial score (nSPS) is 12.2. The molecule has 0 radical (unpaired) electrons. The Kier molecular flexibility index (Phi) is 9.98. The number of rotatable bonds is 9. The van der Waals surface area contributed by atoms with Crippen molar-refractivity contribution < 1.29 is 9.53 Å². The van der Waals surface area contributed by atoms with Crippen molar-refractivity contribution in [3.63, 3.8) is 0 Å². The topological polar surface area (TPSA) is 29.5 Å². The summed E-state index contributed by atoms with van der Waals surface area (Å²) in [5, 5.41) is 0. The van der Waals surface area contributed by atoms with E-state index < -0.39 is 0 Å². The second-order valence-electron chi connectivity index (χ2n) is 4.80. The van der Waals surface area contributed by atoms with E-state index in [1.54, 1.807) is 11.9 Å². The number of hydrogen-bond donors (Lipinski definition) is 0. The molecule has 1 amide bonds. The summed E-state index contributed by atoms with van der Waals surface area (Å²) in [6, 6.07) is 0. The molecule has 3 heteroatoms. The Bertz CT molecular complexity index is 195. The van der Waals surface area contributed by atoms with Crippen LogP contribution in [0.1, 0.15) is 58.8 Å². The summed E-state index contributed by atoms with van der Waals surface area (Å²) < 4.78 is 4.65. The van der Waals surface area contributed by atoms with Crippen LogP contribution in [0.15, 0.2) is 0 Å². The first-order valence-corrected chi connectivity index (χ1v) is 6.94. The van der Waals surface area contributed by atoms with Crippen LogP contribution in [0.4, 0.5) is 4.79 Å². The van der Waals surface area contributed by atoms with Gasteiger partial charge < -0.3 is 9.64 Å². The van der Waals surface area contributed by atoms with E-state index in [2.05, 4.69) is 18.6 Å². The van der Waals surface area contributed by atoms with Crippen LogP contribution in [0.5, 0.6) is 0 Å². The third kappa shape index (κ3) is 8.06. The molecule has 0 aromatic heterocycles. The van der Waals surface area contributed by atoms with Gasteiger partial charge in [0.25, 0.3) is 0 Å². The van der Waals surface area contributed by atoms with Crippen molar-refractivity contribution in [3.05, 3.63) is 0 Å². The fourth-order valence-corrected chi connectivity index (χ4v) is 2.07. The lowest BCUT2D eigenvalue weighted by Crippen LogP contribution is -2.27. The van der Waals surface area contributed by atoms with E-state index in [-0.39, 0.29) is 6.09 Å². The van der Waals surface area contributed by atoms with Crippen LogP contribution in [0.3, 0.4) is 0 Å². The maximum absolute atomic E-state index is 11.1. The summed E-state index contributed by atoms with van der Waals surface area (Å²) in [5.74, 6) is 0.874. The fraction of sp³-hybridized carbons (Fsp3) is 0.929. The molecule has 0 aromatic carbocycles. The van der Waals surface area contributed by atoms with Crippen molar-refractivity contribution >= 4 is 6.09 Å². The minimum atomic E-state index is -0.233. The molecule has 0 rings (SSSR count). The van der Waals surface area contributed by atoms with Crippen molar-refractivity contribution in [1.82, 2.24) is 4.90 Å². The lowest BCUT2D eigenvalue weighted by Gasteiger charge is -2.17. The molecule has 0 saturated carbocycles. The van der Waals surface area contributed by atoms with Gasteiger partial charge in [-0.25, -0.2) is 4.79 Å². The van der Waals surface area contributed by atoms with Crippen molar-refractivity contribution in [1.29, 1.82) is 0 Å². The number of amides is 1. The van der Waals surface area contributed by atoms with Gasteiger partial charge in [0.05, 0.1) is 7.11 Å². The highest BCUT2D eigenvalue weighted by Crippen LogP contribution is 2.19. The number of ether oxygens (including phenoxy) is 1. The molecular weight excluding hydrogens is 214 g/mol. The first kappa shape index (κ1) is 16.3. The lowest BCUT2D eigenvalue weighted by molar-refractivity contribution is 0.132. The zero-order chi connectivity index (χ0) is 13.1. The molecule has 1 atom stereocenters. The van der Waals surface area contributed by atoms with Crippen LogP contribution in [0, 0.1) is 5.92 Å². The number of carbonyl (C=O) groups is 1. The molecule has 0 aromatic rings. The lowest BCUT2D eigenvalue weighted by atomic mass is 9.93. The highest BCUT2D eigenvalue weighted by molar-refractivity contribution is 5.66. The highest BCUT2D eigenvalue weighted by atomic mass is 16.5. The van der Waals surface area contributed by atoms with Gasteiger partial charge in [-0.3, -0.25) is 0 Å². The van der Waals surface area contributed by atoms with E-state index in [9.17, 15) is 4.79 Å². The van der Waals surface area contributed by atoms with Crippen LogP contribution in [0.25, 0.3) is 0 Å². The minimum absolute atomic E-state index is 0.233. The predicted molar refractivity (Wildman–Crippen MR) is 72.2 cm³/mol. The van der Waals surface area contributed by atoms with Gasteiger partial charge in [-0.05, 0) is 12.3 Å². The van der Waals surface area contributed by atoms with E-state index in [1.807, 2.05) is 0 Å². The van der Waals surface area contributed by atoms with E-state index in [4.69, 9.17) is 0 Å². The molecule has 0 spiro atoms. The molecule has 1 unspecified atom stereocenters. The molecule has 0 heterocycles. The molecular formula is C14H29NO2. The number of hydrogen-bond acceptors (Lipinski definition) is 2. The molecule has 0 fully saturated rings. The van der Waals surface area contributed by atoms with E-state index >= 15 is 0 Å². The van der Waals surface area contributed by atoms with Crippen LogP contribution in [-0.4, -0.2) is 31.7 Å². The fourth-order valence-electron chi connectivity index (χ4n) is 2.07. The highest BCUT2D eigenvalue weighted by Gasteiger charge is 2.08. The molecule has 3 nitrogen and oxygen atoms in total. The second-order valence-corrected chi connectivity index (χ2v) is 4.80. The Morgan fingerprint density at radius 1 is 1.18 bits per heavy atom. The molecule has 0 N–H and O–H groups in total. The van der Waals surface area contributed by atoms with Gasteiger partial charge >= 0.3 is 6.09 Å².